The van der Waals surface area contributed by atoms with E-state index in [2.05, 4.69) is 170 Å². The van der Waals surface area contributed by atoms with Gasteiger partial charge >= 0.3 is 0 Å². The first-order chi connectivity index (χ1) is 27.7. The van der Waals surface area contributed by atoms with E-state index in [1.165, 1.54) is 42.4 Å². The van der Waals surface area contributed by atoms with Gasteiger partial charge in [0, 0.05) is 53.9 Å². The van der Waals surface area contributed by atoms with Crippen molar-refractivity contribution in [3.63, 3.8) is 0 Å². The van der Waals surface area contributed by atoms with Crippen LogP contribution in [0.4, 0.5) is 0 Å². The summed E-state index contributed by atoms with van der Waals surface area (Å²) < 4.78 is 9.07. The first-order valence-corrected chi connectivity index (χ1v) is 19.7. The number of thiophene rings is 1. The zero-order valence-electron chi connectivity index (χ0n) is 30.2. The number of benzene rings is 7. The molecule has 2 unspecified atom stereocenters. The van der Waals surface area contributed by atoms with Gasteiger partial charge in [-0.2, -0.15) is 0 Å². The van der Waals surface area contributed by atoms with Crippen LogP contribution in [0.5, 0.6) is 0 Å². The van der Waals surface area contributed by atoms with E-state index in [0.717, 1.165) is 44.5 Å². The number of aromatic nitrogens is 3. The molecule has 0 saturated carbocycles. The maximum Gasteiger partial charge on any atom is 0.163 e. The monoisotopic (exact) mass is 735 g/mol. The molecule has 1 aliphatic carbocycles. The summed E-state index contributed by atoms with van der Waals surface area (Å²) in [5, 5.41) is 4.82. The summed E-state index contributed by atoms with van der Waals surface area (Å²) in [5.74, 6) is 1.87. The van der Waals surface area contributed by atoms with Gasteiger partial charge in [-0.25, -0.2) is 15.0 Å². The van der Waals surface area contributed by atoms with Gasteiger partial charge in [-0.3, -0.25) is 0 Å². The molecule has 264 valence electrons. The van der Waals surface area contributed by atoms with Crippen molar-refractivity contribution in [2.75, 3.05) is 0 Å². The summed E-state index contributed by atoms with van der Waals surface area (Å²) in [6.07, 6.45) is 8.74. The third-order valence-electron chi connectivity index (χ3n) is 11.0. The molecule has 11 rings (SSSR count). The van der Waals surface area contributed by atoms with Gasteiger partial charge in [0.2, 0.25) is 0 Å². The highest BCUT2D eigenvalue weighted by molar-refractivity contribution is 7.26. The van der Waals surface area contributed by atoms with E-state index in [4.69, 9.17) is 19.4 Å². The van der Waals surface area contributed by atoms with Crippen LogP contribution in [-0.4, -0.2) is 15.0 Å². The molecule has 0 bridgehead atoms. The van der Waals surface area contributed by atoms with Gasteiger partial charge in [0.15, 0.2) is 11.6 Å². The van der Waals surface area contributed by atoms with Gasteiger partial charge in [-0.15, -0.1) is 11.3 Å². The van der Waals surface area contributed by atoms with Crippen molar-refractivity contribution in [1.29, 1.82) is 0 Å². The SMILES string of the molecule is C1=CC(c2nc(-c3ccccc3)nc(-c3ccc(-c4cccc5c4sc4ccccc45)cc3)n2)C(c2cccc3oc4ccc(-c5ccccc5)cc4c23)C=C1. The maximum absolute atomic E-state index is 6.47. The molecule has 1 aliphatic rings. The lowest BCUT2D eigenvalue weighted by Gasteiger charge is -2.25. The quantitative estimate of drug-likeness (QED) is 0.171. The Morgan fingerprint density at radius 2 is 1.09 bits per heavy atom. The lowest BCUT2D eigenvalue weighted by molar-refractivity contribution is 0.664. The number of fused-ring (bicyclic) bond motifs is 6. The molecule has 0 spiro atoms. The van der Waals surface area contributed by atoms with Crippen LogP contribution in [0, 0.1) is 0 Å². The molecule has 0 radical (unpaired) electrons. The second kappa shape index (κ2) is 13.4. The topological polar surface area (TPSA) is 51.8 Å². The Morgan fingerprint density at radius 1 is 0.446 bits per heavy atom. The van der Waals surface area contributed by atoms with E-state index in [-0.39, 0.29) is 11.8 Å². The minimum absolute atomic E-state index is 0.0343. The highest BCUT2D eigenvalue weighted by Gasteiger charge is 2.29. The van der Waals surface area contributed by atoms with Gasteiger partial charge in [-0.1, -0.05) is 164 Å². The van der Waals surface area contributed by atoms with Crippen LogP contribution in [0.2, 0.25) is 0 Å². The van der Waals surface area contributed by atoms with E-state index >= 15 is 0 Å². The number of furan rings is 1. The molecule has 0 fully saturated rings. The summed E-state index contributed by atoms with van der Waals surface area (Å²) in [6, 6.07) is 57.5. The van der Waals surface area contributed by atoms with Crippen molar-refractivity contribution < 1.29 is 4.42 Å². The standard InChI is InChI=1S/C51H33N3OS/c1-3-13-32(14-4-1)36-29-30-44-43(31-36)47-40(21-12-23-45(47)55-44)38-17-7-8-19-42(38)51-53-49(34-15-5-2-6-16-34)52-50(54-51)35-27-25-33(26-28-35)37-20-11-22-41-39-18-9-10-24-46(39)56-48(37)41/h1-31,38,42H. The fourth-order valence-corrected chi connectivity index (χ4v) is 9.49. The Hall–Kier alpha value is -6.95. The van der Waals surface area contributed by atoms with Gasteiger partial charge in [0.1, 0.15) is 17.0 Å². The smallest absolute Gasteiger partial charge is 0.163 e. The molecule has 4 nitrogen and oxygen atoms in total. The van der Waals surface area contributed by atoms with Crippen LogP contribution in [0.3, 0.4) is 0 Å². The molecule has 3 heterocycles. The fourth-order valence-electron chi connectivity index (χ4n) is 8.25. The van der Waals surface area contributed by atoms with Crippen molar-refractivity contribution in [2.24, 2.45) is 0 Å². The van der Waals surface area contributed by atoms with Crippen LogP contribution in [-0.2, 0) is 0 Å². The highest BCUT2D eigenvalue weighted by Crippen LogP contribution is 2.44. The van der Waals surface area contributed by atoms with Crippen LogP contribution >= 0.6 is 11.3 Å². The summed E-state index contributed by atoms with van der Waals surface area (Å²) in [4.78, 5) is 15.6. The number of nitrogens with zero attached hydrogens (tertiary/aromatic N) is 3. The molecular weight excluding hydrogens is 703 g/mol. The Bertz CT molecular complexity index is 3140. The first kappa shape index (κ1) is 32.5. The third kappa shape index (κ3) is 5.55. The van der Waals surface area contributed by atoms with Gasteiger partial charge in [0.05, 0.1) is 0 Å². The summed E-state index contributed by atoms with van der Waals surface area (Å²) in [6.45, 7) is 0. The van der Waals surface area contributed by atoms with Crippen LogP contribution in [0.1, 0.15) is 23.2 Å². The molecular formula is C51H33N3OS. The Labute approximate surface area is 327 Å². The Morgan fingerprint density at radius 3 is 1.89 bits per heavy atom. The number of hydrogen-bond donors (Lipinski definition) is 0. The minimum atomic E-state index is -0.137. The van der Waals surface area contributed by atoms with Gasteiger partial charge < -0.3 is 4.42 Å². The zero-order valence-corrected chi connectivity index (χ0v) is 31.0. The number of hydrogen-bond acceptors (Lipinski definition) is 5. The molecule has 7 aromatic carbocycles. The van der Waals surface area contributed by atoms with Gasteiger partial charge in [-0.05, 0) is 52.1 Å². The van der Waals surface area contributed by atoms with E-state index < -0.39 is 0 Å². The molecule has 0 N–H and O–H groups in total. The summed E-state index contributed by atoms with van der Waals surface area (Å²) in [5.41, 5.74) is 9.56. The lowest BCUT2D eigenvalue weighted by atomic mass is 9.80. The Kier molecular flexibility index (Phi) is 7.78. The molecule has 3 aromatic heterocycles. The maximum atomic E-state index is 6.47. The average molecular weight is 736 g/mol. The summed E-state index contributed by atoms with van der Waals surface area (Å²) in [7, 11) is 0. The van der Waals surface area contributed by atoms with E-state index in [1.807, 2.05) is 29.5 Å². The predicted molar refractivity (Wildman–Crippen MR) is 232 cm³/mol. The predicted octanol–water partition coefficient (Wildman–Crippen LogP) is 13.8. The van der Waals surface area contributed by atoms with E-state index in [9.17, 15) is 0 Å². The van der Waals surface area contributed by atoms with Crippen molar-refractivity contribution in [3.8, 4) is 45.0 Å². The van der Waals surface area contributed by atoms with Crippen molar-refractivity contribution in [3.05, 3.63) is 199 Å². The van der Waals surface area contributed by atoms with Crippen LogP contribution in [0.15, 0.2) is 193 Å². The van der Waals surface area contributed by atoms with Crippen molar-refractivity contribution in [2.45, 2.75) is 11.8 Å². The van der Waals surface area contributed by atoms with Crippen molar-refractivity contribution >= 4 is 53.4 Å². The molecule has 0 aliphatic heterocycles. The fraction of sp³-hybridized carbons (Fsp3) is 0.0392. The van der Waals surface area contributed by atoms with E-state index in [1.54, 1.807) is 0 Å². The first-order valence-electron chi connectivity index (χ1n) is 18.9. The second-order valence-electron chi connectivity index (χ2n) is 14.3. The summed E-state index contributed by atoms with van der Waals surface area (Å²) >= 11 is 1.85. The van der Waals surface area contributed by atoms with E-state index in [0.29, 0.717) is 11.6 Å². The molecule has 10 aromatic rings. The normalized spacial score (nSPS) is 15.4. The average Bonchev–Trinajstić information content (AvgIpc) is 3.85. The molecule has 0 saturated heterocycles. The van der Waals surface area contributed by atoms with Crippen LogP contribution < -0.4 is 0 Å². The highest BCUT2D eigenvalue weighted by atomic mass is 32.1. The largest absolute Gasteiger partial charge is 0.456 e. The molecule has 0 amide bonds. The van der Waals surface area contributed by atoms with Gasteiger partial charge in [0.25, 0.3) is 0 Å². The third-order valence-corrected chi connectivity index (χ3v) is 12.2. The molecule has 56 heavy (non-hydrogen) atoms. The number of rotatable bonds is 6. The Balaban J connectivity index is 1.02. The molecule has 5 heteroatoms. The zero-order chi connectivity index (χ0) is 37.0. The lowest BCUT2D eigenvalue weighted by Crippen LogP contribution is -2.15. The second-order valence-corrected chi connectivity index (χ2v) is 15.3. The number of allylic oxidation sites excluding steroid dienone is 4. The van der Waals surface area contributed by atoms with Crippen LogP contribution in [0.25, 0.3) is 87.1 Å². The molecule has 2 atom stereocenters. The van der Waals surface area contributed by atoms with Crippen molar-refractivity contribution in [1.82, 2.24) is 15.0 Å². The minimum Gasteiger partial charge on any atom is -0.456 e.